The molecule has 0 saturated carbocycles. The molecule has 0 fully saturated rings. The van der Waals surface area contributed by atoms with E-state index in [2.05, 4.69) is 51.0 Å². The fraction of sp³-hybridized carbons (Fsp3) is 0.391. The number of nitriles is 1. The molecule has 0 spiro atoms. The summed E-state index contributed by atoms with van der Waals surface area (Å²) in [4.78, 5) is 0. The zero-order chi connectivity index (χ0) is 20.5. The minimum absolute atomic E-state index is 0.0363. The first-order valence-corrected chi connectivity index (χ1v) is 9.66. The normalized spacial score (nSPS) is 18.6. The summed E-state index contributed by atoms with van der Waals surface area (Å²) in [5, 5.41) is 14.1. The lowest BCUT2D eigenvalue weighted by Crippen LogP contribution is -2.30. The van der Waals surface area contributed by atoms with Gasteiger partial charge in [-0.2, -0.15) is 10.4 Å². The maximum Gasteiger partial charge on any atom is 0.205 e. The molecule has 0 saturated heterocycles. The van der Waals surface area contributed by atoms with Crippen LogP contribution in [0.1, 0.15) is 52.5 Å². The largest absolute Gasteiger partial charge is 0.445 e. The van der Waals surface area contributed by atoms with Crippen LogP contribution in [0.2, 0.25) is 0 Å². The number of ether oxygens (including phenoxy) is 1. The van der Waals surface area contributed by atoms with Gasteiger partial charge in [0.2, 0.25) is 5.88 Å². The molecule has 0 aliphatic carbocycles. The first-order valence-electron chi connectivity index (χ1n) is 9.66. The van der Waals surface area contributed by atoms with Gasteiger partial charge >= 0.3 is 0 Å². The summed E-state index contributed by atoms with van der Waals surface area (Å²) < 4.78 is 7.63. The molecule has 5 nitrogen and oxygen atoms in total. The standard InChI is InChI=1S/C23H28N4O/c1-6-19(23(3,4)5)20-15(2)28-22(25)18(14-24)21(20)16-8-10-17(11-9-16)27-13-7-12-26-27/h7-13,19,21H,6,25H2,1-5H3. The molecular formula is C23H28N4O. The van der Waals surface area contributed by atoms with Crippen molar-refractivity contribution < 1.29 is 4.74 Å². The molecule has 1 aromatic heterocycles. The van der Waals surface area contributed by atoms with Crippen LogP contribution in [-0.4, -0.2) is 9.78 Å². The second-order valence-corrected chi connectivity index (χ2v) is 8.31. The van der Waals surface area contributed by atoms with Crippen LogP contribution in [0, 0.1) is 22.7 Å². The average Bonchev–Trinajstić information content (AvgIpc) is 3.17. The van der Waals surface area contributed by atoms with Gasteiger partial charge in [-0.1, -0.05) is 39.8 Å². The third kappa shape index (κ3) is 3.55. The lowest BCUT2D eigenvalue weighted by Gasteiger charge is -2.39. The third-order valence-corrected chi connectivity index (χ3v) is 5.48. The molecule has 1 aliphatic heterocycles. The van der Waals surface area contributed by atoms with Crippen molar-refractivity contribution in [3.8, 4) is 11.8 Å². The van der Waals surface area contributed by atoms with Crippen molar-refractivity contribution in [3.63, 3.8) is 0 Å². The van der Waals surface area contributed by atoms with Crippen LogP contribution in [0.3, 0.4) is 0 Å². The van der Waals surface area contributed by atoms with Gasteiger partial charge in [0.15, 0.2) is 0 Å². The maximum absolute atomic E-state index is 9.85. The summed E-state index contributed by atoms with van der Waals surface area (Å²) in [6.07, 6.45) is 4.62. The van der Waals surface area contributed by atoms with Gasteiger partial charge in [0.05, 0.1) is 5.69 Å². The van der Waals surface area contributed by atoms with Crippen molar-refractivity contribution in [2.24, 2.45) is 17.1 Å². The van der Waals surface area contributed by atoms with E-state index >= 15 is 0 Å². The summed E-state index contributed by atoms with van der Waals surface area (Å²) in [6.45, 7) is 10.8. The van der Waals surface area contributed by atoms with Crippen molar-refractivity contribution in [2.75, 3.05) is 0 Å². The second kappa shape index (κ2) is 7.55. The Morgan fingerprint density at radius 1 is 1.29 bits per heavy atom. The number of nitrogens with two attached hydrogens (primary N) is 1. The number of aromatic nitrogens is 2. The maximum atomic E-state index is 9.85. The van der Waals surface area contributed by atoms with E-state index in [0.29, 0.717) is 5.57 Å². The Bertz CT molecular complexity index is 938. The SMILES string of the molecule is CCC(C1=C(C)OC(N)=C(C#N)C1c1ccc(-n2cccn2)cc1)C(C)(C)C. The highest BCUT2D eigenvalue weighted by atomic mass is 16.5. The minimum atomic E-state index is -0.199. The summed E-state index contributed by atoms with van der Waals surface area (Å²) in [5.41, 5.74) is 9.79. The first-order chi connectivity index (χ1) is 13.3. The predicted molar refractivity (Wildman–Crippen MR) is 110 cm³/mol. The Hall–Kier alpha value is -3.00. The first kappa shape index (κ1) is 19.8. The molecule has 1 aliphatic rings. The molecule has 146 valence electrons. The number of nitrogens with zero attached hydrogens (tertiary/aromatic N) is 3. The van der Waals surface area contributed by atoms with E-state index in [4.69, 9.17) is 10.5 Å². The van der Waals surface area contributed by atoms with Gasteiger partial charge in [-0.15, -0.1) is 0 Å². The number of rotatable bonds is 4. The molecular weight excluding hydrogens is 348 g/mol. The van der Waals surface area contributed by atoms with Gasteiger partial charge in [0.1, 0.15) is 17.4 Å². The van der Waals surface area contributed by atoms with Crippen molar-refractivity contribution >= 4 is 0 Å². The lowest BCUT2D eigenvalue weighted by molar-refractivity contribution is 0.222. The fourth-order valence-corrected chi connectivity index (χ4v) is 4.23. The monoisotopic (exact) mass is 376 g/mol. The van der Waals surface area contributed by atoms with Gasteiger partial charge in [-0.05, 0) is 54.0 Å². The third-order valence-electron chi connectivity index (χ3n) is 5.48. The highest BCUT2D eigenvalue weighted by molar-refractivity contribution is 5.51. The molecule has 1 aromatic carbocycles. The van der Waals surface area contributed by atoms with E-state index in [0.717, 1.165) is 29.0 Å². The Balaban J connectivity index is 2.12. The smallest absolute Gasteiger partial charge is 0.205 e. The van der Waals surface area contributed by atoms with Crippen molar-refractivity contribution in [2.45, 2.75) is 47.0 Å². The molecule has 0 amide bonds. The Labute approximate surface area is 167 Å². The summed E-state index contributed by atoms with van der Waals surface area (Å²) >= 11 is 0. The van der Waals surface area contributed by atoms with Gasteiger partial charge in [-0.3, -0.25) is 0 Å². The second-order valence-electron chi connectivity index (χ2n) is 8.31. The van der Waals surface area contributed by atoms with Crippen LogP contribution < -0.4 is 5.73 Å². The van der Waals surface area contributed by atoms with E-state index in [1.807, 2.05) is 36.0 Å². The van der Waals surface area contributed by atoms with Crippen molar-refractivity contribution in [3.05, 3.63) is 71.1 Å². The Kier molecular flexibility index (Phi) is 5.33. The number of hydrogen-bond donors (Lipinski definition) is 1. The molecule has 2 aromatic rings. The molecule has 2 N–H and O–H groups in total. The molecule has 2 heterocycles. The van der Waals surface area contributed by atoms with Crippen molar-refractivity contribution in [1.29, 1.82) is 5.26 Å². The van der Waals surface area contributed by atoms with Crippen LogP contribution in [0.15, 0.2) is 65.5 Å². The van der Waals surface area contributed by atoms with Crippen LogP contribution in [0.5, 0.6) is 0 Å². The highest BCUT2D eigenvalue weighted by Crippen LogP contribution is 2.48. The number of benzene rings is 1. The molecule has 2 atom stereocenters. The van der Waals surface area contributed by atoms with Gasteiger partial charge < -0.3 is 10.5 Å². The molecule has 0 radical (unpaired) electrons. The van der Waals surface area contributed by atoms with Crippen molar-refractivity contribution in [1.82, 2.24) is 9.78 Å². The van der Waals surface area contributed by atoms with E-state index in [1.54, 1.807) is 6.20 Å². The van der Waals surface area contributed by atoms with Gasteiger partial charge in [-0.25, -0.2) is 4.68 Å². The van der Waals surface area contributed by atoms with E-state index in [1.165, 1.54) is 0 Å². The molecule has 2 unspecified atom stereocenters. The highest BCUT2D eigenvalue weighted by Gasteiger charge is 2.39. The number of hydrogen-bond acceptors (Lipinski definition) is 4. The zero-order valence-corrected chi connectivity index (χ0v) is 17.2. The van der Waals surface area contributed by atoms with Crippen LogP contribution in [-0.2, 0) is 4.74 Å². The van der Waals surface area contributed by atoms with Gasteiger partial charge in [0, 0.05) is 18.3 Å². The topological polar surface area (TPSA) is 76.9 Å². The van der Waals surface area contributed by atoms with E-state index in [-0.39, 0.29) is 23.1 Å². The molecule has 0 bridgehead atoms. The Morgan fingerprint density at radius 2 is 1.96 bits per heavy atom. The number of allylic oxidation sites excluding steroid dienone is 3. The quantitative estimate of drug-likeness (QED) is 0.812. The predicted octanol–water partition coefficient (Wildman–Crippen LogP) is 5.03. The summed E-state index contributed by atoms with van der Waals surface area (Å²) in [5.74, 6) is 1.07. The summed E-state index contributed by atoms with van der Waals surface area (Å²) in [6, 6.07) is 12.4. The molecule has 28 heavy (non-hydrogen) atoms. The van der Waals surface area contributed by atoms with Gasteiger partial charge in [0.25, 0.3) is 0 Å². The summed E-state index contributed by atoms with van der Waals surface area (Å²) in [7, 11) is 0. The van der Waals surface area contributed by atoms with E-state index in [9.17, 15) is 5.26 Å². The minimum Gasteiger partial charge on any atom is -0.445 e. The van der Waals surface area contributed by atoms with E-state index < -0.39 is 0 Å². The Morgan fingerprint density at radius 3 is 2.46 bits per heavy atom. The zero-order valence-electron chi connectivity index (χ0n) is 17.2. The van der Waals surface area contributed by atoms with Crippen LogP contribution >= 0.6 is 0 Å². The molecule has 3 rings (SSSR count). The van der Waals surface area contributed by atoms with Crippen LogP contribution in [0.4, 0.5) is 0 Å². The average molecular weight is 377 g/mol. The molecule has 5 heteroatoms. The lowest BCUT2D eigenvalue weighted by atomic mass is 9.67. The fourth-order valence-electron chi connectivity index (χ4n) is 4.23. The van der Waals surface area contributed by atoms with Crippen LogP contribution in [0.25, 0.3) is 5.69 Å².